The molecular formula is C16H19NO3. The largest absolute Gasteiger partial charge is 0.464 e. The first-order valence-electron chi connectivity index (χ1n) is 6.78. The lowest BCUT2D eigenvalue weighted by molar-refractivity contribution is -0.143. The second-order valence-corrected chi connectivity index (χ2v) is 4.90. The zero-order chi connectivity index (χ0) is 14.4. The highest BCUT2D eigenvalue weighted by Crippen LogP contribution is 2.22. The van der Waals surface area contributed by atoms with Crippen LogP contribution in [0, 0.1) is 0 Å². The Bertz CT molecular complexity index is 496. The van der Waals surface area contributed by atoms with Gasteiger partial charge in [0.05, 0.1) is 6.61 Å². The standard InChI is InChI=1S/C16H19NO3/c1-13(18)7-5-6-10-20-16(19)15-12-17(15)11-14-8-3-2-4-9-14/h2-5,7-9,15H,6,10-12H2,1H3/b7-5+. The number of ether oxygens (including phenoxy) is 1. The number of rotatable bonds is 7. The third kappa shape index (κ3) is 4.63. The number of ketones is 1. The molecule has 1 aromatic carbocycles. The van der Waals surface area contributed by atoms with Gasteiger partial charge in [-0.2, -0.15) is 0 Å². The highest BCUT2D eigenvalue weighted by atomic mass is 16.5. The van der Waals surface area contributed by atoms with E-state index in [1.807, 2.05) is 30.3 Å². The van der Waals surface area contributed by atoms with E-state index in [9.17, 15) is 9.59 Å². The zero-order valence-corrected chi connectivity index (χ0v) is 11.6. The fraction of sp³-hybridized carbons (Fsp3) is 0.375. The van der Waals surface area contributed by atoms with Crippen LogP contribution in [-0.2, 0) is 20.9 Å². The molecule has 106 valence electrons. The molecule has 0 saturated carbocycles. The van der Waals surface area contributed by atoms with E-state index in [4.69, 9.17) is 4.74 Å². The number of hydrogen-bond acceptors (Lipinski definition) is 4. The summed E-state index contributed by atoms with van der Waals surface area (Å²) < 4.78 is 5.17. The number of esters is 1. The van der Waals surface area contributed by atoms with Crippen molar-refractivity contribution >= 4 is 11.8 Å². The van der Waals surface area contributed by atoms with Gasteiger partial charge in [0, 0.05) is 13.1 Å². The zero-order valence-electron chi connectivity index (χ0n) is 11.6. The van der Waals surface area contributed by atoms with Crippen molar-refractivity contribution in [3.63, 3.8) is 0 Å². The molecule has 0 amide bonds. The van der Waals surface area contributed by atoms with Crippen molar-refractivity contribution in [1.29, 1.82) is 0 Å². The number of carbonyl (C=O) groups excluding carboxylic acids is 2. The van der Waals surface area contributed by atoms with Crippen LogP contribution in [0.15, 0.2) is 42.5 Å². The van der Waals surface area contributed by atoms with Gasteiger partial charge in [0.15, 0.2) is 5.78 Å². The number of allylic oxidation sites excluding steroid dienone is 1. The molecule has 1 aromatic rings. The Morgan fingerprint density at radius 1 is 1.35 bits per heavy atom. The normalized spacial score (nSPS) is 20.9. The topological polar surface area (TPSA) is 46.4 Å². The molecular weight excluding hydrogens is 254 g/mol. The Balaban J connectivity index is 1.65. The third-order valence-electron chi connectivity index (χ3n) is 3.10. The quantitative estimate of drug-likeness (QED) is 0.330. The third-order valence-corrected chi connectivity index (χ3v) is 3.10. The first kappa shape index (κ1) is 14.5. The molecule has 0 radical (unpaired) electrons. The maximum atomic E-state index is 11.7. The summed E-state index contributed by atoms with van der Waals surface area (Å²) in [6.45, 7) is 3.37. The average Bonchev–Trinajstić information content (AvgIpc) is 3.18. The molecule has 1 heterocycles. The lowest BCUT2D eigenvalue weighted by atomic mass is 10.2. The van der Waals surface area contributed by atoms with Crippen LogP contribution in [0.1, 0.15) is 18.9 Å². The van der Waals surface area contributed by atoms with E-state index in [-0.39, 0.29) is 17.8 Å². The van der Waals surface area contributed by atoms with Gasteiger partial charge in [-0.05, 0) is 25.0 Å². The van der Waals surface area contributed by atoms with E-state index < -0.39 is 0 Å². The first-order chi connectivity index (χ1) is 9.66. The Kier molecular flexibility index (Phi) is 5.07. The molecule has 2 atom stereocenters. The van der Waals surface area contributed by atoms with Crippen molar-refractivity contribution < 1.29 is 14.3 Å². The summed E-state index contributed by atoms with van der Waals surface area (Å²) in [5, 5.41) is 0. The van der Waals surface area contributed by atoms with E-state index in [0.717, 1.165) is 13.1 Å². The van der Waals surface area contributed by atoms with Crippen molar-refractivity contribution in [1.82, 2.24) is 4.90 Å². The molecule has 20 heavy (non-hydrogen) atoms. The summed E-state index contributed by atoms with van der Waals surface area (Å²) in [5.74, 6) is -0.162. The molecule has 0 spiro atoms. The molecule has 0 aromatic heterocycles. The maximum Gasteiger partial charge on any atom is 0.324 e. The lowest BCUT2D eigenvalue weighted by Gasteiger charge is -2.04. The van der Waals surface area contributed by atoms with Crippen LogP contribution in [0.3, 0.4) is 0 Å². The molecule has 1 saturated heterocycles. The predicted octanol–water partition coefficient (Wildman–Crippen LogP) is 1.95. The minimum absolute atomic E-state index is 0.00700. The van der Waals surface area contributed by atoms with Gasteiger partial charge in [-0.25, -0.2) is 0 Å². The fourth-order valence-corrected chi connectivity index (χ4v) is 1.96. The van der Waals surface area contributed by atoms with Crippen LogP contribution in [0.5, 0.6) is 0 Å². The highest BCUT2D eigenvalue weighted by Gasteiger charge is 2.41. The second kappa shape index (κ2) is 7.01. The van der Waals surface area contributed by atoms with Crippen molar-refractivity contribution in [3.05, 3.63) is 48.0 Å². The number of carbonyl (C=O) groups is 2. The van der Waals surface area contributed by atoms with Crippen LogP contribution >= 0.6 is 0 Å². The van der Waals surface area contributed by atoms with Gasteiger partial charge >= 0.3 is 5.97 Å². The monoisotopic (exact) mass is 273 g/mol. The minimum Gasteiger partial charge on any atom is -0.464 e. The summed E-state index contributed by atoms with van der Waals surface area (Å²) >= 11 is 0. The van der Waals surface area contributed by atoms with E-state index >= 15 is 0 Å². The van der Waals surface area contributed by atoms with Crippen LogP contribution < -0.4 is 0 Å². The van der Waals surface area contributed by atoms with Gasteiger partial charge in [0.1, 0.15) is 6.04 Å². The number of benzene rings is 1. The lowest BCUT2D eigenvalue weighted by Crippen LogP contribution is -2.16. The smallest absolute Gasteiger partial charge is 0.324 e. The summed E-state index contributed by atoms with van der Waals surface area (Å²) in [5.41, 5.74) is 1.20. The van der Waals surface area contributed by atoms with E-state index in [1.54, 1.807) is 6.08 Å². The molecule has 0 aliphatic carbocycles. The van der Waals surface area contributed by atoms with Crippen molar-refractivity contribution in [2.75, 3.05) is 13.2 Å². The summed E-state index contributed by atoms with van der Waals surface area (Å²) in [4.78, 5) is 24.5. The van der Waals surface area contributed by atoms with E-state index in [0.29, 0.717) is 13.0 Å². The molecule has 4 heteroatoms. The number of hydrogen-bond donors (Lipinski definition) is 0. The van der Waals surface area contributed by atoms with Crippen molar-refractivity contribution in [2.45, 2.75) is 25.9 Å². The van der Waals surface area contributed by atoms with E-state index in [1.165, 1.54) is 18.6 Å². The molecule has 0 N–H and O–H groups in total. The van der Waals surface area contributed by atoms with Gasteiger partial charge in [-0.15, -0.1) is 0 Å². The SMILES string of the molecule is CC(=O)/C=C/CCOC(=O)C1CN1Cc1ccccc1. The Morgan fingerprint density at radius 3 is 2.80 bits per heavy atom. The van der Waals surface area contributed by atoms with Crippen molar-refractivity contribution in [3.8, 4) is 0 Å². The fourth-order valence-electron chi connectivity index (χ4n) is 1.96. The van der Waals surface area contributed by atoms with Gasteiger partial charge in [-0.1, -0.05) is 36.4 Å². The predicted molar refractivity (Wildman–Crippen MR) is 76.0 cm³/mol. The summed E-state index contributed by atoms with van der Waals surface area (Å²) in [6, 6.07) is 9.96. The van der Waals surface area contributed by atoms with Gasteiger partial charge in [0.2, 0.25) is 0 Å². The van der Waals surface area contributed by atoms with E-state index in [2.05, 4.69) is 4.90 Å². The molecule has 4 nitrogen and oxygen atoms in total. The molecule has 1 aliphatic rings. The van der Waals surface area contributed by atoms with Crippen LogP contribution in [0.2, 0.25) is 0 Å². The Hall–Kier alpha value is -1.94. The molecule has 1 fully saturated rings. The second-order valence-electron chi connectivity index (χ2n) is 4.90. The number of nitrogens with zero attached hydrogens (tertiary/aromatic N) is 1. The molecule has 2 rings (SSSR count). The molecule has 0 bridgehead atoms. The summed E-state index contributed by atoms with van der Waals surface area (Å²) in [7, 11) is 0. The Morgan fingerprint density at radius 2 is 2.10 bits per heavy atom. The summed E-state index contributed by atoms with van der Waals surface area (Å²) in [6.07, 6.45) is 3.80. The average molecular weight is 273 g/mol. The van der Waals surface area contributed by atoms with Gasteiger partial charge in [0.25, 0.3) is 0 Å². The van der Waals surface area contributed by atoms with Crippen molar-refractivity contribution in [2.24, 2.45) is 0 Å². The first-order valence-corrected chi connectivity index (χ1v) is 6.78. The molecule has 2 unspecified atom stereocenters. The van der Waals surface area contributed by atoms with Crippen LogP contribution in [0.4, 0.5) is 0 Å². The maximum absolute atomic E-state index is 11.7. The van der Waals surface area contributed by atoms with Crippen LogP contribution in [-0.4, -0.2) is 35.8 Å². The molecule has 1 aliphatic heterocycles. The highest BCUT2D eigenvalue weighted by molar-refractivity contribution is 5.87. The van der Waals surface area contributed by atoms with Crippen LogP contribution in [0.25, 0.3) is 0 Å². The van der Waals surface area contributed by atoms with Gasteiger partial charge in [-0.3, -0.25) is 14.5 Å². The minimum atomic E-state index is -0.169. The van der Waals surface area contributed by atoms with Gasteiger partial charge < -0.3 is 4.74 Å². The Labute approximate surface area is 119 Å².